The fraction of sp³-hybridized carbons (Fsp3) is 0.462. The van der Waals surface area contributed by atoms with E-state index in [0.717, 1.165) is 0 Å². The molecular formula is C13H17NO6. The van der Waals surface area contributed by atoms with Gasteiger partial charge in [-0.3, -0.25) is 10.1 Å². The van der Waals surface area contributed by atoms with Crippen molar-refractivity contribution >= 4 is 11.7 Å². The van der Waals surface area contributed by atoms with Crippen LogP contribution in [-0.4, -0.2) is 35.3 Å². The molecule has 1 atom stereocenters. The van der Waals surface area contributed by atoms with Crippen LogP contribution in [-0.2, 0) is 9.53 Å². The van der Waals surface area contributed by atoms with Crippen molar-refractivity contribution in [3.8, 4) is 5.75 Å². The standard InChI is InChI=1S/C13H17NO6/c1-4-19-12(13(15)16)7-20-11-6-10(14(17)18)8(2)5-9(11)3/h5-6,12H,4,7H2,1-3H3,(H,15,16). The smallest absolute Gasteiger partial charge is 0.336 e. The van der Waals surface area contributed by atoms with E-state index in [9.17, 15) is 14.9 Å². The summed E-state index contributed by atoms with van der Waals surface area (Å²) >= 11 is 0. The van der Waals surface area contributed by atoms with Crippen LogP contribution in [0.15, 0.2) is 12.1 Å². The molecule has 0 saturated heterocycles. The van der Waals surface area contributed by atoms with E-state index in [1.54, 1.807) is 26.8 Å². The van der Waals surface area contributed by atoms with Crippen LogP contribution < -0.4 is 4.74 Å². The average molecular weight is 283 g/mol. The Morgan fingerprint density at radius 3 is 2.55 bits per heavy atom. The Balaban J connectivity index is 2.89. The first kappa shape index (κ1) is 15.9. The molecule has 0 radical (unpaired) electrons. The Bertz CT molecular complexity index is 514. The molecule has 1 N–H and O–H groups in total. The number of nitro benzene ring substituents is 1. The number of nitro groups is 1. The van der Waals surface area contributed by atoms with Gasteiger partial charge in [-0.05, 0) is 32.4 Å². The molecule has 0 amide bonds. The second-order valence-electron chi connectivity index (χ2n) is 4.25. The summed E-state index contributed by atoms with van der Waals surface area (Å²) in [6.07, 6.45) is -1.10. The largest absolute Gasteiger partial charge is 0.490 e. The molecule has 1 rings (SSSR count). The summed E-state index contributed by atoms with van der Waals surface area (Å²) in [7, 11) is 0. The number of carboxylic acids is 1. The van der Waals surface area contributed by atoms with Crippen molar-refractivity contribution in [1.82, 2.24) is 0 Å². The van der Waals surface area contributed by atoms with Crippen molar-refractivity contribution in [3.63, 3.8) is 0 Å². The second-order valence-corrected chi connectivity index (χ2v) is 4.25. The van der Waals surface area contributed by atoms with Gasteiger partial charge in [-0.2, -0.15) is 0 Å². The first-order valence-electron chi connectivity index (χ1n) is 6.09. The Hall–Kier alpha value is -2.15. The summed E-state index contributed by atoms with van der Waals surface area (Å²) in [5, 5.41) is 19.8. The Labute approximate surface area is 116 Å². The van der Waals surface area contributed by atoms with Crippen LogP contribution in [0.4, 0.5) is 5.69 Å². The summed E-state index contributed by atoms with van der Waals surface area (Å²) in [6, 6.07) is 2.93. The van der Waals surface area contributed by atoms with Crippen molar-refractivity contribution < 1.29 is 24.3 Å². The van der Waals surface area contributed by atoms with Gasteiger partial charge in [0.05, 0.1) is 11.0 Å². The summed E-state index contributed by atoms with van der Waals surface area (Å²) < 4.78 is 10.4. The first-order chi connectivity index (χ1) is 9.36. The quantitative estimate of drug-likeness (QED) is 0.607. The van der Waals surface area contributed by atoms with Crippen molar-refractivity contribution in [3.05, 3.63) is 33.4 Å². The van der Waals surface area contributed by atoms with E-state index in [-0.39, 0.29) is 24.7 Å². The Kier molecular flexibility index (Phi) is 5.45. The predicted octanol–water partition coefficient (Wildman–Crippen LogP) is 2.08. The molecule has 0 aliphatic carbocycles. The fourth-order valence-corrected chi connectivity index (χ4v) is 1.73. The number of hydrogen-bond donors (Lipinski definition) is 1. The third kappa shape index (κ3) is 3.92. The van der Waals surface area contributed by atoms with Gasteiger partial charge in [0, 0.05) is 12.2 Å². The number of nitrogens with zero attached hydrogens (tertiary/aromatic N) is 1. The first-order valence-corrected chi connectivity index (χ1v) is 6.09. The number of carboxylic acid groups (broad SMARTS) is 1. The molecule has 7 nitrogen and oxygen atoms in total. The van der Waals surface area contributed by atoms with Crippen molar-refractivity contribution in [2.24, 2.45) is 0 Å². The normalized spacial score (nSPS) is 11.9. The lowest BCUT2D eigenvalue weighted by Crippen LogP contribution is -2.30. The number of benzene rings is 1. The van der Waals surface area contributed by atoms with Crippen LogP contribution in [0.5, 0.6) is 5.75 Å². The number of aliphatic carboxylic acids is 1. The van der Waals surface area contributed by atoms with Gasteiger partial charge in [0.1, 0.15) is 12.4 Å². The molecule has 1 unspecified atom stereocenters. The molecule has 0 spiro atoms. The van der Waals surface area contributed by atoms with Crippen LogP contribution in [0.25, 0.3) is 0 Å². The van der Waals surface area contributed by atoms with Crippen molar-refractivity contribution in [2.45, 2.75) is 26.9 Å². The predicted molar refractivity (Wildman–Crippen MR) is 71.1 cm³/mol. The highest BCUT2D eigenvalue weighted by Crippen LogP contribution is 2.28. The zero-order chi connectivity index (χ0) is 15.3. The van der Waals surface area contributed by atoms with E-state index < -0.39 is 17.0 Å². The molecule has 1 aromatic carbocycles. The van der Waals surface area contributed by atoms with Crippen LogP contribution in [0.3, 0.4) is 0 Å². The van der Waals surface area contributed by atoms with Gasteiger partial charge in [0.2, 0.25) is 0 Å². The van der Waals surface area contributed by atoms with E-state index in [2.05, 4.69) is 0 Å². The molecule has 20 heavy (non-hydrogen) atoms. The Morgan fingerprint density at radius 2 is 2.05 bits per heavy atom. The lowest BCUT2D eigenvalue weighted by Gasteiger charge is -2.15. The topological polar surface area (TPSA) is 98.9 Å². The molecule has 0 fully saturated rings. The summed E-state index contributed by atoms with van der Waals surface area (Å²) in [5.74, 6) is -0.848. The zero-order valence-corrected chi connectivity index (χ0v) is 11.6. The molecule has 7 heteroatoms. The maximum absolute atomic E-state index is 10.9. The van der Waals surface area contributed by atoms with Crippen molar-refractivity contribution in [2.75, 3.05) is 13.2 Å². The molecule has 0 aliphatic rings. The van der Waals surface area contributed by atoms with Crippen LogP contribution in [0.1, 0.15) is 18.1 Å². The van der Waals surface area contributed by atoms with Crippen LogP contribution >= 0.6 is 0 Å². The summed E-state index contributed by atoms with van der Waals surface area (Å²) in [6.45, 7) is 5.09. The molecule has 0 heterocycles. The summed E-state index contributed by atoms with van der Waals surface area (Å²) in [5.41, 5.74) is 1.17. The van der Waals surface area contributed by atoms with Gasteiger partial charge in [0.15, 0.2) is 6.10 Å². The van der Waals surface area contributed by atoms with Gasteiger partial charge in [-0.1, -0.05) is 0 Å². The fourth-order valence-electron chi connectivity index (χ4n) is 1.73. The van der Waals surface area contributed by atoms with Crippen molar-refractivity contribution in [1.29, 1.82) is 0 Å². The number of aryl methyl sites for hydroxylation is 2. The molecule has 0 saturated carbocycles. The van der Waals surface area contributed by atoms with Gasteiger partial charge in [-0.25, -0.2) is 4.79 Å². The Morgan fingerprint density at radius 1 is 1.40 bits per heavy atom. The van der Waals surface area contributed by atoms with Gasteiger partial charge in [0.25, 0.3) is 5.69 Å². The maximum Gasteiger partial charge on any atom is 0.336 e. The third-order valence-corrected chi connectivity index (χ3v) is 2.72. The molecule has 0 aromatic heterocycles. The van der Waals surface area contributed by atoms with E-state index in [1.807, 2.05) is 0 Å². The molecule has 0 aliphatic heterocycles. The van der Waals surface area contributed by atoms with Crippen LogP contribution in [0, 0.1) is 24.0 Å². The SMILES string of the molecule is CCOC(COc1cc([N+](=O)[O-])c(C)cc1C)C(=O)O. The molecular weight excluding hydrogens is 266 g/mol. The second kappa shape index (κ2) is 6.85. The summed E-state index contributed by atoms with van der Waals surface area (Å²) in [4.78, 5) is 21.3. The number of ether oxygens (including phenoxy) is 2. The van der Waals surface area contributed by atoms with E-state index in [1.165, 1.54) is 6.07 Å². The molecule has 0 bridgehead atoms. The van der Waals surface area contributed by atoms with E-state index in [4.69, 9.17) is 14.6 Å². The van der Waals surface area contributed by atoms with Gasteiger partial charge < -0.3 is 14.6 Å². The molecule has 1 aromatic rings. The van der Waals surface area contributed by atoms with Gasteiger partial charge >= 0.3 is 5.97 Å². The van der Waals surface area contributed by atoms with E-state index >= 15 is 0 Å². The highest BCUT2D eigenvalue weighted by atomic mass is 16.6. The average Bonchev–Trinajstić information content (AvgIpc) is 2.35. The highest BCUT2D eigenvalue weighted by molar-refractivity contribution is 5.72. The minimum absolute atomic E-state index is 0.0612. The van der Waals surface area contributed by atoms with Gasteiger partial charge in [-0.15, -0.1) is 0 Å². The molecule has 110 valence electrons. The van der Waals surface area contributed by atoms with Crippen LogP contribution in [0.2, 0.25) is 0 Å². The highest BCUT2D eigenvalue weighted by Gasteiger charge is 2.20. The number of hydrogen-bond acceptors (Lipinski definition) is 5. The van der Waals surface area contributed by atoms with E-state index in [0.29, 0.717) is 11.1 Å². The number of rotatable bonds is 7. The lowest BCUT2D eigenvalue weighted by atomic mass is 10.1. The third-order valence-electron chi connectivity index (χ3n) is 2.72. The maximum atomic E-state index is 10.9. The minimum Gasteiger partial charge on any atom is -0.490 e. The minimum atomic E-state index is -1.13. The number of carbonyl (C=O) groups is 1. The zero-order valence-electron chi connectivity index (χ0n) is 11.6. The lowest BCUT2D eigenvalue weighted by molar-refractivity contribution is -0.385. The monoisotopic (exact) mass is 283 g/mol.